The number of anilines is 1. The average molecular weight is 423 g/mol. The summed E-state index contributed by atoms with van der Waals surface area (Å²) in [7, 11) is 3.00. The second-order valence-corrected chi connectivity index (χ2v) is 6.52. The molecule has 1 aromatic carbocycles. The van der Waals surface area contributed by atoms with Gasteiger partial charge in [0.25, 0.3) is 11.6 Å². The van der Waals surface area contributed by atoms with Crippen LogP contribution in [0.1, 0.15) is 29.2 Å². The van der Waals surface area contributed by atoms with Gasteiger partial charge in [0.05, 0.1) is 19.9 Å². The zero-order chi connectivity index (χ0) is 22.1. The van der Waals surface area contributed by atoms with Crippen molar-refractivity contribution in [3.63, 3.8) is 0 Å². The number of alkyl halides is 3. The number of amides is 1. The lowest BCUT2D eigenvalue weighted by molar-refractivity contribution is -0.144. The summed E-state index contributed by atoms with van der Waals surface area (Å²) in [5, 5.41) is 6.27. The molecule has 0 atom stereocenters. The van der Waals surface area contributed by atoms with Gasteiger partial charge in [-0.3, -0.25) is 4.79 Å². The smallest absolute Gasteiger partial charge is 0.453 e. The number of rotatable bonds is 6. The molecule has 3 rings (SSSR count). The summed E-state index contributed by atoms with van der Waals surface area (Å²) >= 11 is 0. The Balaban J connectivity index is 1.77. The Morgan fingerprint density at radius 1 is 1.17 bits per heavy atom. The molecule has 160 valence electrons. The number of halogens is 3. The number of fused-ring (bicyclic) bond motifs is 1. The van der Waals surface area contributed by atoms with E-state index >= 15 is 0 Å². The number of carbonyl (C=O) groups is 1. The van der Waals surface area contributed by atoms with Gasteiger partial charge in [0.2, 0.25) is 5.91 Å². The van der Waals surface area contributed by atoms with Crippen LogP contribution in [0.3, 0.4) is 0 Å². The molecule has 1 N–H and O–H groups in total. The molecule has 2 aromatic heterocycles. The zero-order valence-electron chi connectivity index (χ0n) is 16.8. The maximum atomic E-state index is 12.9. The minimum absolute atomic E-state index is 0.0882. The minimum Gasteiger partial charge on any atom is -0.497 e. The lowest BCUT2D eigenvalue weighted by Gasteiger charge is -2.13. The molecule has 0 spiro atoms. The van der Waals surface area contributed by atoms with Crippen molar-refractivity contribution in [2.24, 2.45) is 0 Å². The summed E-state index contributed by atoms with van der Waals surface area (Å²) in [6, 6.07) is 4.99. The number of hydrogen-bond acceptors (Lipinski definition) is 6. The van der Waals surface area contributed by atoms with E-state index in [9.17, 15) is 18.0 Å². The second-order valence-electron chi connectivity index (χ2n) is 6.52. The third-order valence-corrected chi connectivity index (χ3v) is 4.59. The van der Waals surface area contributed by atoms with E-state index in [1.54, 1.807) is 32.0 Å². The van der Waals surface area contributed by atoms with Crippen LogP contribution < -0.4 is 14.8 Å². The quantitative estimate of drug-likeness (QED) is 0.654. The Kier molecular flexibility index (Phi) is 5.81. The molecule has 0 radical (unpaired) electrons. The highest BCUT2D eigenvalue weighted by atomic mass is 19.4. The molecule has 0 fully saturated rings. The van der Waals surface area contributed by atoms with Crippen molar-refractivity contribution in [1.29, 1.82) is 0 Å². The van der Waals surface area contributed by atoms with Gasteiger partial charge in [0, 0.05) is 23.9 Å². The monoisotopic (exact) mass is 423 g/mol. The lowest BCUT2D eigenvalue weighted by atomic mass is 10.1. The molecule has 0 aliphatic rings. The first-order valence-electron chi connectivity index (χ1n) is 8.96. The van der Waals surface area contributed by atoms with Crippen LogP contribution in [0.5, 0.6) is 11.5 Å². The van der Waals surface area contributed by atoms with Gasteiger partial charge in [-0.25, -0.2) is 9.50 Å². The molecule has 2 heterocycles. The van der Waals surface area contributed by atoms with Crippen molar-refractivity contribution >= 4 is 17.4 Å². The van der Waals surface area contributed by atoms with Crippen LogP contribution in [0.4, 0.5) is 18.9 Å². The van der Waals surface area contributed by atoms with Gasteiger partial charge in [-0.05, 0) is 38.0 Å². The fraction of sp³-hybridized carbons (Fsp3) is 0.368. The predicted molar refractivity (Wildman–Crippen MR) is 102 cm³/mol. The van der Waals surface area contributed by atoms with Gasteiger partial charge in [-0.1, -0.05) is 0 Å². The Labute approximate surface area is 170 Å². The van der Waals surface area contributed by atoms with Crippen LogP contribution in [0.25, 0.3) is 5.78 Å². The molecule has 0 saturated heterocycles. The summed E-state index contributed by atoms with van der Waals surface area (Å²) in [6.07, 6.45) is -4.30. The van der Waals surface area contributed by atoms with Crippen molar-refractivity contribution in [1.82, 2.24) is 19.6 Å². The van der Waals surface area contributed by atoms with E-state index in [1.165, 1.54) is 14.2 Å². The van der Waals surface area contributed by atoms with Crippen LogP contribution in [-0.4, -0.2) is 39.7 Å². The van der Waals surface area contributed by atoms with E-state index in [2.05, 4.69) is 20.4 Å². The van der Waals surface area contributed by atoms with Crippen molar-refractivity contribution in [3.8, 4) is 11.5 Å². The van der Waals surface area contributed by atoms with Crippen LogP contribution in [0.15, 0.2) is 18.2 Å². The summed E-state index contributed by atoms with van der Waals surface area (Å²) in [5.41, 5.74) is 2.07. The molecule has 0 aliphatic carbocycles. The standard InChI is InChI=1S/C19H20F3N5O3/c1-10-13(11(2)27-18(23-10)25-17(26-27)19(20,21)22)6-8-16(28)24-14-7-5-12(29-3)9-15(14)30-4/h5,7,9H,6,8H2,1-4H3,(H,24,28). The number of aromatic nitrogens is 4. The Morgan fingerprint density at radius 3 is 2.53 bits per heavy atom. The van der Waals surface area contributed by atoms with Gasteiger partial charge >= 0.3 is 6.18 Å². The summed E-state index contributed by atoms with van der Waals surface area (Å²) < 4.78 is 50.1. The molecule has 1 amide bonds. The van der Waals surface area contributed by atoms with E-state index in [-0.39, 0.29) is 24.5 Å². The van der Waals surface area contributed by atoms with E-state index < -0.39 is 12.0 Å². The Hall–Kier alpha value is -3.37. The number of aryl methyl sites for hydroxylation is 2. The summed E-state index contributed by atoms with van der Waals surface area (Å²) in [6.45, 7) is 3.28. The number of nitrogens with zero attached hydrogens (tertiary/aromatic N) is 4. The third kappa shape index (κ3) is 4.29. The Bertz CT molecular complexity index is 1100. The molecule has 0 bridgehead atoms. The molecule has 30 heavy (non-hydrogen) atoms. The van der Waals surface area contributed by atoms with Gasteiger partial charge in [-0.15, -0.1) is 5.10 Å². The number of methoxy groups -OCH3 is 2. The topological polar surface area (TPSA) is 90.6 Å². The first-order chi connectivity index (χ1) is 14.1. The maximum absolute atomic E-state index is 12.9. The Morgan fingerprint density at radius 2 is 1.90 bits per heavy atom. The number of carbonyl (C=O) groups excluding carboxylic acids is 1. The van der Waals surface area contributed by atoms with Crippen LogP contribution in [-0.2, 0) is 17.4 Å². The first-order valence-corrected chi connectivity index (χ1v) is 8.96. The normalized spacial score (nSPS) is 11.6. The summed E-state index contributed by atoms with van der Waals surface area (Å²) in [5.74, 6) is -0.638. The van der Waals surface area contributed by atoms with E-state index in [0.717, 1.165) is 4.52 Å². The average Bonchev–Trinajstić information content (AvgIpc) is 3.12. The van der Waals surface area contributed by atoms with Crippen LogP contribution in [0, 0.1) is 13.8 Å². The third-order valence-electron chi connectivity index (χ3n) is 4.59. The molecular formula is C19H20F3N5O3. The lowest BCUT2D eigenvalue weighted by Crippen LogP contribution is -2.15. The molecule has 0 aliphatic heterocycles. The van der Waals surface area contributed by atoms with Gasteiger partial charge in [0.15, 0.2) is 0 Å². The van der Waals surface area contributed by atoms with Gasteiger partial charge in [0.1, 0.15) is 11.5 Å². The fourth-order valence-corrected chi connectivity index (χ4v) is 3.04. The number of ether oxygens (including phenoxy) is 2. The number of nitrogens with one attached hydrogen (secondary N) is 1. The molecule has 3 aromatic rings. The van der Waals surface area contributed by atoms with E-state index in [4.69, 9.17) is 9.47 Å². The van der Waals surface area contributed by atoms with Crippen LogP contribution in [0.2, 0.25) is 0 Å². The highest BCUT2D eigenvalue weighted by Gasteiger charge is 2.37. The maximum Gasteiger partial charge on any atom is 0.453 e. The number of benzene rings is 1. The summed E-state index contributed by atoms with van der Waals surface area (Å²) in [4.78, 5) is 20.0. The molecule has 11 heteroatoms. The molecular weight excluding hydrogens is 403 g/mol. The highest BCUT2D eigenvalue weighted by Crippen LogP contribution is 2.30. The van der Waals surface area contributed by atoms with Crippen molar-refractivity contribution < 1.29 is 27.4 Å². The molecule has 0 saturated carbocycles. The molecule has 0 unspecified atom stereocenters. The second kappa shape index (κ2) is 8.17. The predicted octanol–water partition coefficient (Wildman–Crippen LogP) is 3.35. The van der Waals surface area contributed by atoms with Crippen molar-refractivity contribution in [2.75, 3.05) is 19.5 Å². The highest BCUT2D eigenvalue weighted by molar-refractivity contribution is 5.92. The van der Waals surface area contributed by atoms with Crippen LogP contribution >= 0.6 is 0 Å². The van der Waals surface area contributed by atoms with Gasteiger partial charge < -0.3 is 14.8 Å². The van der Waals surface area contributed by atoms with Crippen molar-refractivity contribution in [2.45, 2.75) is 32.9 Å². The van der Waals surface area contributed by atoms with Gasteiger partial charge in [-0.2, -0.15) is 18.2 Å². The van der Waals surface area contributed by atoms with E-state index in [1.807, 2.05) is 0 Å². The first kappa shape index (κ1) is 21.3. The minimum atomic E-state index is -4.66. The van der Waals surface area contributed by atoms with E-state index in [0.29, 0.717) is 34.1 Å². The molecule has 8 nitrogen and oxygen atoms in total. The number of hydrogen-bond donors (Lipinski definition) is 1. The SMILES string of the molecule is COc1ccc(NC(=O)CCc2c(C)nc3nc(C(F)(F)F)nn3c2C)c(OC)c1. The fourth-order valence-electron chi connectivity index (χ4n) is 3.04. The zero-order valence-corrected chi connectivity index (χ0v) is 16.8. The largest absolute Gasteiger partial charge is 0.497 e. The van der Waals surface area contributed by atoms with Crippen molar-refractivity contribution in [3.05, 3.63) is 41.0 Å².